The van der Waals surface area contributed by atoms with Crippen LogP contribution >= 0.6 is 0 Å². The van der Waals surface area contributed by atoms with Crippen LogP contribution in [-0.4, -0.2) is 35.0 Å². The largest absolute Gasteiger partial charge is 0.463 e. The Hall–Kier alpha value is -0.610. The average Bonchev–Trinajstić information content (AvgIpc) is 2.19. The molecule has 16 heavy (non-hydrogen) atoms. The second-order valence-electron chi connectivity index (χ2n) is 5.38. The molecule has 1 N–H and O–H groups in total. The smallest absolute Gasteiger partial charge is 0.302 e. The molecule has 1 saturated heterocycles. The molecule has 0 aromatic carbocycles. The van der Waals surface area contributed by atoms with Crippen molar-refractivity contribution in [2.75, 3.05) is 6.61 Å². The molecule has 2 atom stereocenters. The van der Waals surface area contributed by atoms with Crippen LogP contribution in [0.3, 0.4) is 0 Å². The maximum absolute atomic E-state index is 10.8. The SMILES string of the molecule is CC(=O)OC[C@@H]1OC(C)(C)CCC[C@@]1(C)O. The van der Waals surface area contributed by atoms with Gasteiger partial charge in [-0.25, -0.2) is 0 Å². The molecule has 1 heterocycles. The van der Waals surface area contributed by atoms with E-state index in [2.05, 4.69) is 0 Å². The molecule has 4 nitrogen and oxygen atoms in total. The summed E-state index contributed by atoms with van der Waals surface area (Å²) in [5.74, 6) is -0.346. The summed E-state index contributed by atoms with van der Waals surface area (Å²) in [6, 6.07) is 0. The van der Waals surface area contributed by atoms with Gasteiger partial charge in [-0.3, -0.25) is 4.79 Å². The lowest BCUT2D eigenvalue weighted by atomic mass is 9.93. The lowest BCUT2D eigenvalue weighted by Gasteiger charge is -2.34. The monoisotopic (exact) mass is 230 g/mol. The Kier molecular flexibility index (Phi) is 3.97. The number of hydrogen-bond donors (Lipinski definition) is 1. The standard InChI is InChI=1S/C12H22O4/c1-9(13)15-8-10-12(4,14)7-5-6-11(2,3)16-10/h10,14H,5-8H2,1-4H3/t10-,12+/m0/s1. The van der Waals surface area contributed by atoms with Crippen molar-refractivity contribution in [2.45, 2.75) is 64.3 Å². The molecular formula is C12H22O4. The molecule has 0 aromatic heterocycles. The summed E-state index contributed by atoms with van der Waals surface area (Å²) < 4.78 is 10.8. The molecule has 0 saturated carbocycles. The van der Waals surface area contributed by atoms with E-state index in [-0.39, 0.29) is 18.2 Å². The van der Waals surface area contributed by atoms with Crippen LogP contribution in [0, 0.1) is 0 Å². The van der Waals surface area contributed by atoms with Crippen LogP contribution in [-0.2, 0) is 14.3 Å². The average molecular weight is 230 g/mol. The minimum Gasteiger partial charge on any atom is -0.463 e. The zero-order valence-electron chi connectivity index (χ0n) is 10.6. The van der Waals surface area contributed by atoms with Gasteiger partial charge in [-0.1, -0.05) is 0 Å². The molecule has 1 rings (SSSR count). The first-order chi connectivity index (χ1) is 7.23. The number of carbonyl (C=O) groups is 1. The first-order valence-electron chi connectivity index (χ1n) is 5.76. The van der Waals surface area contributed by atoms with Crippen molar-refractivity contribution >= 4 is 5.97 Å². The minimum atomic E-state index is -0.927. The first-order valence-corrected chi connectivity index (χ1v) is 5.76. The number of hydrogen-bond acceptors (Lipinski definition) is 4. The highest BCUT2D eigenvalue weighted by molar-refractivity contribution is 5.65. The van der Waals surface area contributed by atoms with E-state index in [4.69, 9.17) is 9.47 Å². The summed E-state index contributed by atoms with van der Waals surface area (Å²) in [5, 5.41) is 10.2. The van der Waals surface area contributed by atoms with Crippen molar-refractivity contribution in [1.82, 2.24) is 0 Å². The number of aliphatic hydroxyl groups is 1. The topological polar surface area (TPSA) is 55.8 Å². The van der Waals surface area contributed by atoms with E-state index in [0.29, 0.717) is 6.42 Å². The van der Waals surface area contributed by atoms with Crippen LogP contribution < -0.4 is 0 Å². The molecule has 0 spiro atoms. The highest BCUT2D eigenvalue weighted by atomic mass is 16.6. The Morgan fingerprint density at radius 1 is 1.44 bits per heavy atom. The fraction of sp³-hybridized carbons (Fsp3) is 0.917. The summed E-state index contributed by atoms with van der Waals surface area (Å²) in [6.45, 7) is 7.20. The Morgan fingerprint density at radius 2 is 2.06 bits per heavy atom. The second kappa shape index (κ2) is 4.72. The van der Waals surface area contributed by atoms with Gasteiger partial charge in [-0.05, 0) is 40.0 Å². The van der Waals surface area contributed by atoms with E-state index in [1.165, 1.54) is 6.92 Å². The van der Waals surface area contributed by atoms with Crippen molar-refractivity contribution in [2.24, 2.45) is 0 Å². The summed E-state index contributed by atoms with van der Waals surface area (Å²) >= 11 is 0. The van der Waals surface area contributed by atoms with Crippen LogP contribution in [0.4, 0.5) is 0 Å². The quantitative estimate of drug-likeness (QED) is 0.733. The molecule has 0 aromatic rings. The molecular weight excluding hydrogens is 208 g/mol. The second-order valence-corrected chi connectivity index (χ2v) is 5.38. The number of carbonyl (C=O) groups excluding carboxylic acids is 1. The van der Waals surface area contributed by atoms with Gasteiger partial charge >= 0.3 is 5.97 Å². The van der Waals surface area contributed by atoms with Gasteiger partial charge in [-0.15, -0.1) is 0 Å². The predicted molar refractivity (Wildman–Crippen MR) is 60.1 cm³/mol. The molecule has 0 bridgehead atoms. The molecule has 94 valence electrons. The summed E-state index contributed by atoms with van der Waals surface area (Å²) in [7, 11) is 0. The van der Waals surface area contributed by atoms with Crippen LogP contribution in [0.2, 0.25) is 0 Å². The summed E-state index contributed by atoms with van der Waals surface area (Å²) in [4.78, 5) is 10.8. The highest BCUT2D eigenvalue weighted by Gasteiger charge is 2.40. The van der Waals surface area contributed by atoms with Gasteiger partial charge in [-0.2, -0.15) is 0 Å². The fourth-order valence-electron chi connectivity index (χ4n) is 2.01. The molecule has 1 aliphatic rings. The van der Waals surface area contributed by atoms with E-state index in [0.717, 1.165) is 12.8 Å². The maximum atomic E-state index is 10.8. The third-order valence-electron chi connectivity index (χ3n) is 3.05. The molecule has 1 fully saturated rings. The lowest BCUT2D eigenvalue weighted by Crippen LogP contribution is -2.46. The van der Waals surface area contributed by atoms with Gasteiger partial charge in [0.25, 0.3) is 0 Å². The minimum absolute atomic E-state index is 0.117. The van der Waals surface area contributed by atoms with E-state index < -0.39 is 11.7 Å². The Labute approximate surface area is 96.9 Å². The van der Waals surface area contributed by atoms with E-state index in [1.807, 2.05) is 13.8 Å². The number of esters is 1. The molecule has 4 heteroatoms. The fourth-order valence-corrected chi connectivity index (χ4v) is 2.01. The molecule has 0 radical (unpaired) electrons. The zero-order chi connectivity index (χ0) is 12.4. The van der Waals surface area contributed by atoms with E-state index in [1.54, 1.807) is 6.92 Å². The van der Waals surface area contributed by atoms with Crippen molar-refractivity contribution in [3.63, 3.8) is 0 Å². The van der Waals surface area contributed by atoms with E-state index in [9.17, 15) is 9.90 Å². The van der Waals surface area contributed by atoms with Crippen molar-refractivity contribution in [3.05, 3.63) is 0 Å². The Bertz CT molecular complexity index is 258. The number of ether oxygens (including phenoxy) is 2. The third kappa shape index (κ3) is 3.76. The van der Waals surface area contributed by atoms with Crippen LogP contribution in [0.5, 0.6) is 0 Å². The van der Waals surface area contributed by atoms with Crippen molar-refractivity contribution in [3.8, 4) is 0 Å². The van der Waals surface area contributed by atoms with Gasteiger partial charge in [0.15, 0.2) is 0 Å². The lowest BCUT2D eigenvalue weighted by molar-refractivity contribution is -0.176. The van der Waals surface area contributed by atoms with Gasteiger partial charge in [0.2, 0.25) is 0 Å². The molecule has 1 aliphatic heterocycles. The first kappa shape index (κ1) is 13.5. The van der Waals surface area contributed by atoms with Crippen LogP contribution in [0.15, 0.2) is 0 Å². The van der Waals surface area contributed by atoms with Gasteiger partial charge in [0, 0.05) is 6.92 Å². The normalized spacial score (nSPS) is 34.2. The zero-order valence-corrected chi connectivity index (χ0v) is 10.6. The van der Waals surface area contributed by atoms with Crippen LogP contribution in [0.25, 0.3) is 0 Å². The molecule has 0 unspecified atom stereocenters. The van der Waals surface area contributed by atoms with Crippen molar-refractivity contribution in [1.29, 1.82) is 0 Å². The van der Waals surface area contributed by atoms with Gasteiger partial charge < -0.3 is 14.6 Å². The van der Waals surface area contributed by atoms with E-state index >= 15 is 0 Å². The third-order valence-corrected chi connectivity index (χ3v) is 3.05. The highest BCUT2D eigenvalue weighted by Crippen LogP contribution is 2.33. The Morgan fingerprint density at radius 3 is 2.62 bits per heavy atom. The summed E-state index contributed by atoms with van der Waals surface area (Å²) in [6.07, 6.45) is 2.03. The maximum Gasteiger partial charge on any atom is 0.302 e. The van der Waals surface area contributed by atoms with Gasteiger partial charge in [0.05, 0.1) is 11.2 Å². The van der Waals surface area contributed by atoms with Gasteiger partial charge in [0.1, 0.15) is 12.7 Å². The Balaban J connectivity index is 2.70. The van der Waals surface area contributed by atoms with Crippen molar-refractivity contribution < 1.29 is 19.4 Å². The molecule has 0 amide bonds. The predicted octanol–water partition coefficient (Wildman–Crippen LogP) is 1.65. The molecule has 0 aliphatic carbocycles. The summed E-state index contributed by atoms with van der Waals surface area (Å²) in [5.41, 5.74) is -1.20. The number of rotatable bonds is 2. The van der Waals surface area contributed by atoms with Crippen LogP contribution in [0.1, 0.15) is 47.0 Å².